The van der Waals surface area contributed by atoms with Crippen molar-refractivity contribution in [3.05, 3.63) is 0 Å². The minimum atomic E-state index is -0.184. The third-order valence-electron chi connectivity index (χ3n) is 3.18. The van der Waals surface area contributed by atoms with Gasteiger partial charge in [0.2, 0.25) is 11.8 Å². The van der Waals surface area contributed by atoms with Gasteiger partial charge < -0.3 is 9.80 Å². The molecule has 0 spiro atoms. The molecule has 2 amide bonds. The number of amides is 2. The number of piperazine rings is 1. The molecular weight excluding hydrogens is 204 g/mol. The predicted molar refractivity (Wildman–Crippen MR) is 59.4 cm³/mol. The van der Waals surface area contributed by atoms with Crippen molar-refractivity contribution in [2.45, 2.75) is 32.2 Å². The number of carbonyl (C=O) groups is 2. The molecule has 0 radical (unpaired) electrons. The topological polar surface area (TPSA) is 40.6 Å². The van der Waals surface area contributed by atoms with Gasteiger partial charge in [0.25, 0.3) is 0 Å². The molecule has 0 bridgehead atoms. The van der Waals surface area contributed by atoms with E-state index in [4.69, 9.17) is 0 Å². The smallest absolute Gasteiger partial charge is 0.245 e. The van der Waals surface area contributed by atoms with E-state index in [1.807, 2.05) is 0 Å². The van der Waals surface area contributed by atoms with Crippen molar-refractivity contribution in [2.24, 2.45) is 0 Å². The Balaban J connectivity index is 2.01. The van der Waals surface area contributed by atoms with E-state index in [-0.39, 0.29) is 24.4 Å². The van der Waals surface area contributed by atoms with E-state index in [9.17, 15) is 9.59 Å². The Kier molecular flexibility index (Phi) is 3.14. The van der Waals surface area contributed by atoms with Crippen molar-refractivity contribution in [3.63, 3.8) is 0 Å². The molecule has 0 aromatic carbocycles. The van der Waals surface area contributed by atoms with E-state index >= 15 is 0 Å². The monoisotopic (exact) mass is 220 g/mol. The summed E-state index contributed by atoms with van der Waals surface area (Å²) >= 11 is 0. The summed E-state index contributed by atoms with van der Waals surface area (Å²) in [6, 6.07) is -0.184. The SMILES string of the molecule is CC#CCCN1CC(=O)N2CCCC2C1=O. The molecule has 0 aliphatic carbocycles. The van der Waals surface area contributed by atoms with Crippen LogP contribution in [0.25, 0.3) is 0 Å². The second kappa shape index (κ2) is 4.56. The number of nitrogens with zero attached hydrogens (tertiary/aromatic N) is 2. The first-order valence-corrected chi connectivity index (χ1v) is 5.72. The van der Waals surface area contributed by atoms with Crippen molar-refractivity contribution in [1.82, 2.24) is 9.80 Å². The molecule has 1 unspecified atom stereocenters. The fourth-order valence-corrected chi connectivity index (χ4v) is 2.37. The molecule has 0 aromatic rings. The standard InChI is InChI=1S/C12H16N2O2/c1-2-3-4-7-13-9-11(15)14-8-5-6-10(14)12(13)16/h10H,4-9H2,1H3. The quantitative estimate of drug-likeness (QED) is 0.625. The molecule has 16 heavy (non-hydrogen) atoms. The number of hydrogen-bond acceptors (Lipinski definition) is 2. The van der Waals surface area contributed by atoms with Crippen LogP contribution in [0.15, 0.2) is 0 Å². The molecule has 2 aliphatic rings. The van der Waals surface area contributed by atoms with Crippen molar-refractivity contribution < 1.29 is 9.59 Å². The maximum absolute atomic E-state index is 12.0. The van der Waals surface area contributed by atoms with Gasteiger partial charge in [0.05, 0.1) is 6.54 Å². The van der Waals surface area contributed by atoms with E-state index < -0.39 is 0 Å². The van der Waals surface area contributed by atoms with Gasteiger partial charge in [0, 0.05) is 19.5 Å². The largest absolute Gasteiger partial charge is 0.331 e. The zero-order valence-corrected chi connectivity index (χ0v) is 9.53. The Morgan fingerprint density at radius 3 is 3.00 bits per heavy atom. The molecule has 2 fully saturated rings. The van der Waals surface area contributed by atoms with Crippen LogP contribution in [0.4, 0.5) is 0 Å². The first-order valence-electron chi connectivity index (χ1n) is 5.72. The second-order valence-electron chi connectivity index (χ2n) is 4.18. The van der Waals surface area contributed by atoms with Crippen molar-refractivity contribution in [2.75, 3.05) is 19.6 Å². The van der Waals surface area contributed by atoms with Crippen LogP contribution in [0.3, 0.4) is 0 Å². The summed E-state index contributed by atoms with van der Waals surface area (Å²) in [5.41, 5.74) is 0. The van der Waals surface area contributed by atoms with Gasteiger partial charge in [-0.25, -0.2) is 0 Å². The lowest BCUT2D eigenvalue weighted by atomic mass is 10.1. The first kappa shape index (κ1) is 11.0. The Bertz CT molecular complexity index is 367. The van der Waals surface area contributed by atoms with Crippen molar-refractivity contribution in [3.8, 4) is 11.8 Å². The van der Waals surface area contributed by atoms with E-state index in [2.05, 4.69) is 11.8 Å². The molecule has 2 rings (SSSR count). The van der Waals surface area contributed by atoms with Crippen LogP contribution in [-0.2, 0) is 9.59 Å². The van der Waals surface area contributed by atoms with Crippen molar-refractivity contribution >= 4 is 11.8 Å². The molecule has 1 atom stereocenters. The molecule has 86 valence electrons. The average Bonchev–Trinajstić information content (AvgIpc) is 2.75. The van der Waals surface area contributed by atoms with Gasteiger partial charge in [0.1, 0.15) is 6.04 Å². The Labute approximate surface area is 95.6 Å². The highest BCUT2D eigenvalue weighted by atomic mass is 16.2. The van der Waals surface area contributed by atoms with E-state index in [1.54, 1.807) is 16.7 Å². The lowest BCUT2D eigenvalue weighted by Gasteiger charge is -2.36. The van der Waals surface area contributed by atoms with Gasteiger partial charge in [-0.15, -0.1) is 11.8 Å². The highest BCUT2D eigenvalue weighted by Crippen LogP contribution is 2.23. The normalized spacial score (nSPS) is 24.2. The molecule has 2 aliphatic heterocycles. The van der Waals surface area contributed by atoms with Crippen molar-refractivity contribution in [1.29, 1.82) is 0 Å². The maximum Gasteiger partial charge on any atom is 0.245 e. The lowest BCUT2D eigenvalue weighted by molar-refractivity contribution is -0.153. The summed E-state index contributed by atoms with van der Waals surface area (Å²) in [7, 11) is 0. The summed E-state index contributed by atoms with van der Waals surface area (Å²) < 4.78 is 0. The third kappa shape index (κ3) is 1.90. The van der Waals surface area contributed by atoms with Gasteiger partial charge in [-0.05, 0) is 19.8 Å². The zero-order valence-electron chi connectivity index (χ0n) is 9.53. The summed E-state index contributed by atoms with van der Waals surface area (Å²) in [5.74, 6) is 5.91. The molecule has 2 heterocycles. The molecule has 4 heteroatoms. The van der Waals surface area contributed by atoms with Gasteiger partial charge in [-0.1, -0.05) is 0 Å². The van der Waals surface area contributed by atoms with Gasteiger partial charge >= 0.3 is 0 Å². The van der Waals surface area contributed by atoms with Gasteiger partial charge in [-0.3, -0.25) is 9.59 Å². The Hall–Kier alpha value is -1.50. The number of fused-ring (bicyclic) bond motifs is 1. The average molecular weight is 220 g/mol. The van der Waals surface area contributed by atoms with Crippen LogP contribution < -0.4 is 0 Å². The van der Waals surface area contributed by atoms with Gasteiger partial charge in [0.15, 0.2) is 0 Å². The fourth-order valence-electron chi connectivity index (χ4n) is 2.37. The third-order valence-corrected chi connectivity index (χ3v) is 3.18. The highest BCUT2D eigenvalue weighted by Gasteiger charge is 2.41. The van der Waals surface area contributed by atoms with Crippen LogP contribution in [0.5, 0.6) is 0 Å². The first-order chi connectivity index (χ1) is 7.74. The summed E-state index contributed by atoms with van der Waals surface area (Å²) in [4.78, 5) is 27.2. The Morgan fingerprint density at radius 1 is 1.44 bits per heavy atom. The molecule has 4 nitrogen and oxygen atoms in total. The fraction of sp³-hybridized carbons (Fsp3) is 0.667. The Morgan fingerprint density at radius 2 is 2.25 bits per heavy atom. The molecular formula is C12H16N2O2. The summed E-state index contributed by atoms with van der Waals surface area (Å²) in [5, 5.41) is 0. The summed E-state index contributed by atoms with van der Waals surface area (Å²) in [6.07, 6.45) is 2.42. The van der Waals surface area contributed by atoms with Crippen LogP contribution in [-0.4, -0.2) is 47.3 Å². The summed E-state index contributed by atoms with van der Waals surface area (Å²) in [6.45, 7) is 3.34. The zero-order chi connectivity index (χ0) is 11.5. The number of carbonyl (C=O) groups excluding carboxylic acids is 2. The highest BCUT2D eigenvalue weighted by molar-refractivity contribution is 5.95. The van der Waals surface area contributed by atoms with Gasteiger partial charge in [-0.2, -0.15) is 0 Å². The molecule has 0 saturated carbocycles. The molecule has 0 N–H and O–H groups in total. The van der Waals surface area contributed by atoms with E-state index in [0.29, 0.717) is 13.0 Å². The van der Waals surface area contributed by atoms with Crippen LogP contribution >= 0.6 is 0 Å². The number of rotatable bonds is 2. The van der Waals surface area contributed by atoms with Crippen LogP contribution in [0.1, 0.15) is 26.2 Å². The lowest BCUT2D eigenvalue weighted by Crippen LogP contribution is -2.57. The van der Waals surface area contributed by atoms with E-state index in [0.717, 1.165) is 19.4 Å². The molecule has 2 saturated heterocycles. The van der Waals surface area contributed by atoms with Crippen LogP contribution in [0, 0.1) is 11.8 Å². The minimum absolute atomic E-state index is 0.0894. The maximum atomic E-state index is 12.0. The predicted octanol–water partition coefficient (Wildman–Crippen LogP) is 0.233. The van der Waals surface area contributed by atoms with Crippen LogP contribution in [0.2, 0.25) is 0 Å². The van der Waals surface area contributed by atoms with E-state index in [1.165, 1.54) is 0 Å². The molecule has 0 aromatic heterocycles. The minimum Gasteiger partial charge on any atom is -0.331 e. The number of hydrogen-bond donors (Lipinski definition) is 0. The second-order valence-corrected chi connectivity index (χ2v) is 4.18.